The van der Waals surface area contributed by atoms with Crippen LogP contribution in [0.15, 0.2) is 24.3 Å². The van der Waals surface area contributed by atoms with Crippen LogP contribution in [-0.4, -0.2) is 66.9 Å². The molecule has 3 rings (SSSR count). The molecule has 1 aromatic rings. The van der Waals surface area contributed by atoms with Crippen LogP contribution in [0.3, 0.4) is 0 Å². The summed E-state index contributed by atoms with van der Waals surface area (Å²) in [5, 5.41) is 3.00. The molecule has 1 atom stereocenters. The molecule has 0 spiro atoms. The maximum absolute atomic E-state index is 13.0. The lowest BCUT2D eigenvalue weighted by molar-refractivity contribution is -0.132. The summed E-state index contributed by atoms with van der Waals surface area (Å²) < 4.78 is 0. The Morgan fingerprint density at radius 3 is 2.69 bits per heavy atom. The third-order valence-electron chi connectivity index (χ3n) is 5.16. The Morgan fingerprint density at radius 2 is 2.00 bits per heavy atom. The Kier molecular flexibility index (Phi) is 5.93. The van der Waals surface area contributed by atoms with Gasteiger partial charge >= 0.3 is 0 Å². The number of hydrogen-bond donors (Lipinski definition) is 1. The number of anilines is 1. The molecule has 0 aromatic heterocycles. The van der Waals surface area contributed by atoms with Gasteiger partial charge in [0.1, 0.15) is 12.2 Å². The van der Waals surface area contributed by atoms with Gasteiger partial charge in [0.25, 0.3) is 5.91 Å². The van der Waals surface area contributed by atoms with E-state index in [1.165, 1.54) is 0 Å². The van der Waals surface area contributed by atoms with Crippen molar-refractivity contribution in [3.63, 3.8) is 0 Å². The number of likely N-dealkylation sites (N-methyl/N-ethyl adjacent to an activating group) is 2. The molecular formula is C18H25ClN4O3. The molecule has 142 valence electrons. The number of amides is 3. The third kappa shape index (κ3) is 3.17. The second kappa shape index (κ2) is 7.63. The average molecular weight is 381 g/mol. The Bertz CT molecular complexity index is 726. The molecular weight excluding hydrogens is 356 g/mol. The summed E-state index contributed by atoms with van der Waals surface area (Å²) in [6.07, 6.45) is 0.901. The van der Waals surface area contributed by atoms with Gasteiger partial charge in [-0.1, -0.05) is 12.1 Å². The van der Waals surface area contributed by atoms with E-state index in [-0.39, 0.29) is 36.7 Å². The van der Waals surface area contributed by atoms with E-state index >= 15 is 0 Å². The molecule has 3 amide bonds. The molecule has 7 nitrogen and oxygen atoms in total. The number of nitrogens with zero attached hydrogens (tertiary/aromatic N) is 3. The highest BCUT2D eigenvalue weighted by Gasteiger charge is 2.53. The summed E-state index contributed by atoms with van der Waals surface area (Å²) in [5.41, 5.74) is 0.327. The van der Waals surface area contributed by atoms with E-state index in [2.05, 4.69) is 5.32 Å². The van der Waals surface area contributed by atoms with Gasteiger partial charge < -0.3 is 15.1 Å². The van der Waals surface area contributed by atoms with Crippen molar-refractivity contribution in [3.05, 3.63) is 29.8 Å². The summed E-state index contributed by atoms with van der Waals surface area (Å²) in [6.45, 7) is 3.08. The molecule has 2 heterocycles. The zero-order valence-corrected chi connectivity index (χ0v) is 16.1. The molecule has 2 aliphatic rings. The van der Waals surface area contributed by atoms with E-state index in [0.29, 0.717) is 37.2 Å². The van der Waals surface area contributed by atoms with Crippen molar-refractivity contribution in [2.75, 3.05) is 38.6 Å². The molecule has 0 saturated carbocycles. The van der Waals surface area contributed by atoms with Crippen molar-refractivity contribution in [1.29, 1.82) is 0 Å². The van der Waals surface area contributed by atoms with Crippen LogP contribution in [0.2, 0.25) is 0 Å². The first-order valence-electron chi connectivity index (χ1n) is 8.53. The highest BCUT2D eigenvalue weighted by Crippen LogP contribution is 2.43. The molecule has 1 unspecified atom stereocenters. The standard InChI is InChI=1S/C18H24N4O3.ClH/c1-18-9-8-15(23)22(18)14-7-5-4-6-13(14)17(25)21(18)12-16(24)20(3)11-10-19-2;/h4-7,19H,8-12H2,1-3H3;1H. The molecule has 1 N–H and O–H groups in total. The van der Waals surface area contributed by atoms with Gasteiger partial charge in [0.15, 0.2) is 0 Å². The number of fused-ring (bicyclic) bond motifs is 3. The molecule has 26 heavy (non-hydrogen) atoms. The highest BCUT2D eigenvalue weighted by molar-refractivity contribution is 6.11. The summed E-state index contributed by atoms with van der Waals surface area (Å²) >= 11 is 0. The molecule has 1 aromatic carbocycles. The SMILES string of the molecule is CNCCN(C)C(=O)CN1C(=O)c2ccccc2N2C(=O)CCC12C.Cl. The van der Waals surface area contributed by atoms with Crippen molar-refractivity contribution >= 4 is 35.8 Å². The highest BCUT2D eigenvalue weighted by atomic mass is 35.5. The van der Waals surface area contributed by atoms with Gasteiger partial charge in [-0.2, -0.15) is 0 Å². The smallest absolute Gasteiger partial charge is 0.258 e. The van der Waals surface area contributed by atoms with Gasteiger partial charge in [0.05, 0.1) is 11.3 Å². The van der Waals surface area contributed by atoms with Crippen molar-refractivity contribution in [2.45, 2.75) is 25.4 Å². The number of halogens is 1. The first-order valence-corrected chi connectivity index (χ1v) is 8.53. The van der Waals surface area contributed by atoms with Crippen LogP contribution in [0.25, 0.3) is 0 Å². The number of para-hydroxylation sites is 1. The lowest BCUT2D eigenvalue weighted by Crippen LogP contribution is -2.64. The van der Waals surface area contributed by atoms with Gasteiger partial charge in [-0.25, -0.2) is 0 Å². The van der Waals surface area contributed by atoms with Crippen LogP contribution in [-0.2, 0) is 9.59 Å². The van der Waals surface area contributed by atoms with Gasteiger partial charge in [-0.15, -0.1) is 12.4 Å². The second-order valence-corrected chi connectivity index (χ2v) is 6.77. The second-order valence-electron chi connectivity index (χ2n) is 6.77. The summed E-state index contributed by atoms with van der Waals surface area (Å²) in [6, 6.07) is 7.11. The Hall–Kier alpha value is -2.12. The minimum atomic E-state index is -0.790. The van der Waals surface area contributed by atoms with E-state index < -0.39 is 5.66 Å². The Labute approximate surface area is 159 Å². The maximum Gasteiger partial charge on any atom is 0.258 e. The van der Waals surface area contributed by atoms with Gasteiger partial charge in [0.2, 0.25) is 11.8 Å². The van der Waals surface area contributed by atoms with E-state index in [4.69, 9.17) is 0 Å². The van der Waals surface area contributed by atoms with E-state index in [1.54, 1.807) is 39.9 Å². The van der Waals surface area contributed by atoms with Crippen molar-refractivity contribution in [3.8, 4) is 0 Å². The molecule has 2 aliphatic heterocycles. The third-order valence-corrected chi connectivity index (χ3v) is 5.16. The van der Waals surface area contributed by atoms with Crippen LogP contribution < -0.4 is 10.2 Å². The fraction of sp³-hybridized carbons (Fsp3) is 0.500. The molecule has 0 radical (unpaired) electrons. The first-order chi connectivity index (χ1) is 11.9. The lowest BCUT2D eigenvalue weighted by Gasteiger charge is -2.48. The van der Waals surface area contributed by atoms with Crippen LogP contribution >= 0.6 is 12.4 Å². The Morgan fingerprint density at radius 1 is 1.31 bits per heavy atom. The molecule has 0 bridgehead atoms. The number of carbonyl (C=O) groups excluding carboxylic acids is 3. The first kappa shape index (κ1) is 20.2. The molecule has 1 saturated heterocycles. The predicted molar refractivity (Wildman–Crippen MR) is 101 cm³/mol. The normalized spacial score (nSPS) is 21.2. The van der Waals surface area contributed by atoms with Crippen LogP contribution in [0.5, 0.6) is 0 Å². The zero-order valence-electron chi connectivity index (χ0n) is 15.3. The number of nitrogens with one attached hydrogen (secondary N) is 1. The van der Waals surface area contributed by atoms with E-state index in [0.717, 1.165) is 0 Å². The number of carbonyl (C=O) groups is 3. The van der Waals surface area contributed by atoms with E-state index in [1.807, 2.05) is 20.0 Å². The van der Waals surface area contributed by atoms with Crippen molar-refractivity contribution < 1.29 is 14.4 Å². The van der Waals surface area contributed by atoms with Gasteiger partial charge in [0, 0.05) is 26.6 Å². The summed E-state index contributed by atoms with van der Waals surface area (Å²) in [5.74, 6) is -0.341. The largest absolute Gasteiger partial charge is 0.343 e. The number of benzene rings is 1. The van der Waals surface area contributed by atoms with Gasteiger partial charge in [-0.05, 0) is 32.5 Å². The summed E-state index contributed by atoms with van der Waals surface area (Å²) in [7, 11) is 3.55. The average Bonchev–Trinajstić information content (AvgIpc) is 2.92. The van der Waals surface area contributed by atoms with Crippen LogP contribution in [0.1, 0.15) is 30.1 Å². The molecule has 1 fully saturated rings. The summed E-state index contributed by atoms with van der Waals surface area (Å²) in [4.78, 5) is 43.0. The molecule has 0 aliphatic carbocycles. The van der Waals surface area contributed by atoms with Crippen LogP contribution in [0, 0.1) is 0 Å². The fourth-order valence-corrected chi connectivity index (χ4v) is 3.60. The van der Waals surface area contributed by atoms with E-state index in [9.17, 15) is 14.4 Å². The lowest BCUT2D eigenvalue weighted by atomic mass is 9.98. The number of hydrogen-bond acceptors (Lipinski definition) is 4. The topological polar surface area (TPSA) is 73.0 Å². The predicted octanol–water partition coefficient (Wildman–Crippen LogP) is 1.09. The maximum atomic E-state index is 13.0. The van der Waals surface area contributed by atoms with Crippen LogP contribution in [0.4, 0.5) is 5.69 Å². The van der Waals surface area contributed by atoms with Crippen molar-refractivity contribution in [1.82, 2.24) is 15.1 Å². The van der Waals surface area contributed by atoms with Gasteiger partial charge in [-0.3, -0.25) is 19.3 Å². The minimum Gasteiger partial charge on any atom is -0.343 e. The zero-order chi connectivity index (χ0) is 18.2. The minimum absolute atomic E-state index is 0. The quantitative estimate of drug-likeness (QED) is 0.829. The number of rotatable bonds is 5. The van der Waals surface area contributed by atoms with Crippen molar-refractivity contribution in [2.24, 2.45) is 0 Å². The monoisotopic (exact) mass is 380 g/mol. The Balaban J connectivity index is 0.00000243. The fourth-order valence-electron chi connectivity index (χ4n) is 3.60. The molecule has 8 heteroatoms.